The number of carbonyl (C=O) groups is 3. The molecule has 1 aromatic heterocycles. The summed E-state index contributed by atoms with van der Waals surface area (Å²) in [6, 6.07) is 16.6. The lowest BCUT2D eigenvalue weighted by molar-refractivity contribution is -0.133. The molecule has 1 atom stereocenters. The summed E-state index contributed by atoms with van der Waals surface area (Å²) in [7, 11) is 1.44. The Morgan fingerprint density at radius 1 is 1.11 bits per heavy atom. The number of anilines is 2. The molecule has 3 aromatic rings. The molecule has 2 aromatic carbocycles. The minimum Gasteiger partial charge on any atom is -0.308 e. The SMILES string of the molecule is CN(C(=O)N1CCN(c2cccnc2)C(=O)C1(C)CC=O)c1ccc(C#Cc2ccccc2)cc1F. The zero-order valence-corrected chi connectivity index (χ0v) is 20.0. The fourth-order valence-electron chi connectivity index (χ4n) is 4.19. The summed E-state index contributed by atoms with van der Waals surface area (Å²) in [5.41, 5.74) is 0.462. The lowest BCUT2D eigenvalue weighted by atomic mass is 9.91. The molecule has 0 bridgehead atoms. The second-order valence-corrected chi connectivity index (χ2v) is 8.59. The predicted molar refractivity (Wildman–Crippen MR) is 135 cm³/mol. The van der Waals surface area contributed by atoms with Crippen LogP contribution in [-0.4, -0.2) is 53.8 Å². The highest BCUT2D eigenvalue weighted by Gasteiger charge is 2.49. The molecule has 0 N–H and O–H groups in total. The molecule has 8 heteroatoms. The molecule has 3 amide bonds. The molecule has 2 heterocycles. The first-order chi connectivity index (χ1) is 17.3. The van der Waals surface area contributed by atoms with Crippen molar-refractivity contribution in [2.45, 2.75) is 18.9 Å². The maximum absolute atomic E-state index is 15.0. The number of aldehydes is 1. The van der Waals surface area contributed by atoms with Crippen molar-refractivity contribution in [2.75, 3.05) is 29.9 Å². The first kappa shape index (κ1) is 24.6. The summed E-state index contributed by atoms with van der Waals surface area (Å²) in [6.07, 6.45) is 3.57. The summed E-state index contributed by atoms with van der Waals surface area (Å²) >= 11 is 0. The van der Waals surface area contributed by atoms with Crippen molar-refractivity contribution in [3.8, 4) is 11.8 Å². The molecule has 1 saturated heterocycles. The number of urea groups is 1. The van der Waals surface area contributed by atoms with Crippen LogP contribution < -0.4 is 9.80 Å². The number of pyridine rings is 1. The Hall–Kier alpha value is -4.51. The van der Waals surface area contributed by atoms with Gasteiger partial charge >= 0.3 is 6.03 Å². The fraction of sp³-hybridized carbons (Fsp3) is 0.214. The molecule has 0 spiro atoms. The van der Waals surface area contributed by atoms with Crippen LogP contribution in [0, 0.1) is 17.7 Å². The van der Waals surface area contributed by atoms with Crippen LogP contribution in [0.3, 0.4) is 0 Å². The van der Waals surface area contributed by atoms with E-state index < -0.39 is 23.3 Å². The summed E-state index contributed by atoms with van der Waals surface area (Å²) in [6.45, 7) is 1.93. The van der Waals surface area contributed by atoms with Gasteiger partial charge < -0.3 is 14.6 Å². The average molecular weight is 485 g/mol. The topological polar surface area (TPSA) is 73.8 Å². The predicted octanol–water partition coefficient (Wildman–Crippen LogP) is 3.87. The first-order valence-electron chi connectivity index (χ1n) is 11.4. The van der Waals surface area contributed by atoms with Crippen molar-refractivity contribution >= 4 is 29.6 Å². The number of carbonyl (C=O) groups excluding carboxylic acids is 3. The van der Waals surface area contributed by atoms with E-state index in [0.29, 0.717) is 17.5 Å². The highest BCUT2D eigenvalue weighted by atomic mass is 19.1. The number of piperazine rings is 1. The Morgan fingerprint density at radius 3 is 2.53 bits per heavy atom. The number of nitrogens with zero attached hydrogens (tertiary/aromatic N) is 4. The van der Waals surface area contributed by atoms with Crippen LogP contribution in [0.2, 0.25) is 0 Å². The van der Waals surface area contributed by atoms with Crippen LogP contribution >= 0.6 is 0 Å². The summed E-state index contributed by atoms with van der Waals surface area (Å²) in [5.74, 6) is 4.87. The average Bonchev–Trinajstić information content (AvgIpc) is 2.89. The van der Waals surface area contributed by atoms with Gasteiger partial charge in [-0.15, -0.1) is 0 Å². The minimum atomic E-state index is -1.43. The monoisotopic (exact) mass is 484 g/mol. The molecular weight excluding hydrogens is 459 g/mol. The van der Waals surface area contributed by atoms with Crippen molar-refractivity contribution in [2.24, 2.45) is 0 Å². The minimum absolute atomic E-state index is 0.0425. The number of amides is 3. The molecule has 1 fully saturated rings. The molecule has 36 heavy (non-hydrogen) atoms. The highest BCUT2D eigenvalue weighted by Crippen LogP contribution is 2.31. The molecule has 1 aliphatic heterocycles. The Kier molecular flexibility index (Phi) is 7.11. The van der Waals surface area contributed by atoms with E-state index in [2.05, 4.69) is 16.8 Å². The van der Waals surface area contributed by atoms with E-state index in [1.807, 2.05) is 30.3 Å². The maximum atomic E-state index is 15.0. The van der Waals surface area contributed by atoms with E-state index in [1.54, 1.807) is 37.5 Å². The molecule has 0 aliphatic carbocycles. The van der Waals surface area contributed by atoms with E-state index in [4.69, 9.17) is 0 Å². The Labute approximate surface area is 209 Å². The Bertz CT molecular complexity index is 1340. The first-order valence-corrected chi connectivity index (χ1v) is 11.4. The number of benzene rings is 2. The van der Waals surface area contributed by atoms with Gasteiger partial charge in [-0.05, 0) is 49.4 Å². The number of aromatic nitrogens is 1. The standard InChI is InChI=1S/C28H25FN4O3/c1-28(14-18-34)26(35)32(23-9-6-15-30-20-23)16-17-33(28)27(36)31(2)25-13-12-22(19-24(25)29)11-10-21-7-4-3-5-8-21/h3-9,12-13,15,18-20H,14,16-17H2,1-2H3. The van der Waals surface area contributed by atoms with Crippen molar-refractivity contribution in [3.05, 3.63) is 90.0 Å². The molecule has 4 rings (SSSR count). The molecule has 7 nitrogen and oxygen atoms in total. The molecule has 182 valence electrons. The Morgan fingerprint density at radius 2 is 1.86 bits per heavy atom. The van der Waals surface area contributed by atoms with Gasteiger partial charge in [-0.3, -0.25) is 14.7 Å². The van der Waals surface area contributed by atoms with E-state index >= 15 is 4.39 Å². The van der Waals surface area contributed by atoms with E-state index in [1.165, 1.54) is 29.0 Å². The Balaban J connectivity index is 1.57. The quantitative estimate of drug-likeness (QED) is 0.416. The van der Waals surface area contributed by atoms with Gasteiger partial charge in [0, 0.05) is 43.9 Å². The van der Waals surface area contributed by atoms with Crippen LogP contribution in [0.25, 0.3) is 0 Å². The van der Waals surface area contributed by atoms with Crippen molar-refractivity contribution in [3.63, 3.8) is 0 Å². The number of rotatable bonds is 4. The van der Waals surface area contributed by atoms with Crippen LogP contribution in [0.1, 0.15) is 24.5 Å². The van der Waals surface area contributed by atoms with Crippen LogP contribution in [0.15, 0.2) is 73.1 Å². The fourth-order valence-corrected chi connectivity index (χ4v) is 4.19. The van der Waals surface area contributed by atoms with Gasteiger partial charge in [0.15, 0.2) is 0 Å². The van der Waals surface area contributed by atoms with Gasteiger partial charge in [0.2, 0.25) is 0 Å². The smallest absolute Gasteiger partial charge is 0.308 e. The van der Waals surface area contributed by atoms with Crippen LogP contribution in [0.4, 0.5) is 20.6 Å². The number of hydrogen-bond donors (Lipinski definition) is 0. The molecular formula is C28H25FN4O3. The third-order valence-corrected chi connectivity index (χ3v) is 6.24. The summed E-state index contributed by atoms with van der Waals surface area (Å²) < 4.78 is 15.0. The zero-order chi connectivity index (χ0) is 25.7. The normalized spacial score (nSPS) is 17.2. The van der Waals surface area contributed by atoms with Crippen molar-refractivity contribution in [1.29, 1.82) is 0 Å². The molecule has 0 saturated carbocycles. The van der Waals surface area contributed by atoms with Gasteiger partial charge in [-0.2, -0.15) is 0 Å². The molecule has 0 radical (unpaired) electrons. The van der Waals surface area contributed by atoms with Crippen molar-refractivity contribution in [1.82, 2.24) is 9.88 Å². The van der Waals surface area contributed by atoms with Gasteiger partial charge in [0.1, 0.15) is 17.6 Å². The third kappa shape index (κ3) is 4.82. The van der Waals surface area contributed by atoms with E-state index in [-0.39, 0.29) is 25.2 Å². The zero-order valence-electron chi connectivity index (χ0n) is 20.0. The van der Waals surface area contributed by atoms with Crippen molar-refractivity contribution < 1.29 is 18.8 Å². The summed E-state index contributed by atoms with van der Waals surface area (Å²) in [5, 5.41) is 0. The number of hydrogen-bond acceptors (Lipinski definition) is 4. The third-order valence-electron chi connectivity index (χ3n) is 6.24. The van der Waals surface area contributed by atoms with Gasteiger partial charge in [-0.1, -0.05) is 30.0 Å². The van der Waals surface area contributed by atoms with Gasteiger partial charge in [0.05, 0.1) is 17.6 Å². The summed E-state index contributed by atoms with van der Waals surface area (Å²) in [4.78, 5) is 46.5. The van der Waals surface area contributed by atoms with Gasteiger partial charge in [-0.25, -0.2) is 9.18 Å². The maximum Gasteiger partial charge on any atom is 0.325 e. The second-order valence-electron chi connectivity index (χ2n) is 8.59. The van der Waals surface area contributed by atoms with Crippen LogP contribution in [-0.2, 0) is 9.59 Å². The second kappa shape index (κ2) is 10.4. The molecule has 1 unspecified atom stereocenters. The lowest BCUT2D eigenvalue weighted by Crippen LogP contribution is -2.68. The van der Waals surface area contributed by atoms with Crippen LogP contribution in [0.5, 0.6) is 0 Å². The lowest BCUT2D eigenvalue weighted by Gasteiger charge is -2.47. The highest BCUT2D eigenvalue weighted by molar-refractivity contribution is 6.06. The van der Waals surface area contributed by atoms with Gasteiger partial charge in [0.25, 0.3) is 5.91 Å². The largest absolute Gasteiger partial charge is 0.325 e. The van der Waals surface area contributed by atoms with E-state index in [0.717, 1.165) is 10.5 Å². The van der Waals surface area contributed by atoms with E-state index in [9.17, 15) is 14.4 Å². The number of halogens is 1. The molecule has 1 aliphatic rings.